The highest BCUT2D eigenvalue weighted by molar-refractivity contribution is 6.15. The van der Waals surface area contributed by atoms with Crippen molar-refractivity contribution in [3.63, 3.8) is 0 Å². The molecule has 6 nitrogen and oxygen atoms in total. The summed E-state index contributed by atoms with van der Waals surface area (Å²) in [6.07, 6.45) is 0. The second-order valence-corrected chi connectivity index (χ2v) is 13.9. The fraction of sp³-hybridized carbons (Fsp3) is 0. The number of rotatable bonds is 4. The quantitative estimate of drug-likeness (QED) is 0.181. The molecule has 0 saturated heterocycles. The second kappa shape index (κ2) is 11.5. The van der Waals surface area contributed by atoms with E-state index in [2.05, 4.69) is 97.1 Å². The molecule has 0 unspecified atom stereocenters. The van der Waals surface area contributed by atoms with Crippen molar-refractivity contribution in [3.05, 3.63) is 164 Å². The average molecular weight is 706 g/mol. The van der Waals surface area contributed by atoms with Gasteiger partial charge in [0.15, 0.2) is 17.5 Å². The van der Waals surface area contributed by atoms with Crippen molar-refractivity contribution in [2.24, 2.45) is 0 Å². The molecule has 256 valence electrons. The van der Waals surface area contributed by atoms with Gasteiger partial charge in [0, 0.05) is 54.6 Å². The first kappa shape index (κ1) is 29.9. The van der Waals surface area contributed by atoms with E-state index in [1.807, 2.05) is 66.7 Å². The Morgan fingerprint density at radius 2 is 0.855 bits per heavy atom. The highest BCUT2D eigenvalue weighted by Crippen LogP contribution is 2.42. The third kappa shape index (κ3) is 4.58. The van der Waals surface area contributed by atoms with Crippen molar-refractivity contribution in [2.45, 2.75) is 0 Å². The number of hydrogen-bond acceptors (Lipinski definition) is 6. The minimum absolute atomic E-state index is 0.558. The van der Waals surface area contributed by atoms with Crippen LogP contribution in [0.1, 0.15) is 0 Å². The van der Waals surface area contributed by atoms with E-state index in [1.165, 1.54) is 0 Å². The van der Waals surface area contributed by atoms with Gasteiger partial charge in [0.25, 0.3) is 0 Å². The van der Waals surface area contributed by atoms with E-state index in [1.54, 1.807) is 0 Å². The molecule has 55 heavy (non-hydrogen) atoms. The SMILES string of the molecule is c1ccc2cc(-c3nc(-c4cccc5oc6ccccc6c45)nc(-c4cccc5oc6cc(-c7cccc8c7oc7ccccc78)ccc6c45)n3)ccc2c1. The summed E-state index contributed by atoms with van der Waals surface area (Å²) in [6, 6.07) is 55.7. The molecule has 0 amide bonds. The summed E-state index contributed by atoms with van der Waals surface area (Å²) in [5.74, 6) is 1.71. The van der Waals surface area contributed by atoms with Gasteiger partial charge in [0.2, 0.25) is 0 Å². The molecule has 0 saturated carbocycles. The third-order valence-corrected chi connectivity index (χ3v) is 10.7. The van der Waals surface area contributed by atoms with E-state index in [9.17, 15) is 0 Å². The van der Waals surface area contributed by atoms with Crippen molar-refractivity contribution >= 4 is 76.6 Å². The van der Waals surface area contributed by atoms with Gasteiger partial charge in [-0.3, -0.25) is 0 Å². The monoisotopic (exact) mass is 705 g/mol. The number of nitrogens with zero attached hydrogens (tertiary/aromatic N) is 3. The number of para-hydroxylation sites is 3. The van der Waals surface area contributed by atoms with Crippen molar-refractivity contribution in [3.8, 4) is 45.3 Å². The zero-order chi connectivity index (χ0) is 36.0. The number of aromatic nitrogens is 3. The molecule has 6 heteroatoms. The second-order valence-electron chi connectivity index (χ2n) is 13.9. The van der Waals surface area contributed by atoms with Crippen LogP contribution in [-0.2, 0) is 0 Å². The van der Waals surface area contributed by atoms with E-state index >= 15 is 0 Å². The zero-order valence-corrected chi connectivity index (χ0v) is 29.2. The standard InChI is InChI=1S/C49H27N3O3/c1-2-11-29-26-31(23-22-28(29)10-1)47-50-48(37-16-8-20-41-44(37)35-13-4-6-19-40(35)53-41)52-49(51-47)38-17-9-21-42-45(38)36-25-24-30(27-43(36)54-42)32-14-7-15-34-33-12-3-5-18-39(33)55-46(32)34/h1-27H. The first-order valence-corrected chi connectivity index (χ1v) is 18.3. The number of fused-ring (bicyclic) bond motifs is 10. The van der Waals surface area contributed by atoms with Gasteiger partial charge in [-0.15, -0.1) is 0 Å². The molecular formula is C49H27N3O3. The maximum Gasteiger partial charge on any atom is 0.164 e. The van der Waals surface area contributed by atoms with Gasteiger partial charge in [0.05, 0.1) is 0 Å². The maximum atomic E-state index is 6.61. The molecule has 0 aliphatic heterocycles. The Bertz CT molecular complexity index is 3520. The lowest BCUT2D eigenvalue weighted by atomic mass is 9.99. The molecule has 12 rings (SSSR count). The third-order valence-electron chi connectivity index (χ3n) is 10.7. The van der Waals surface area contributed by atoms with Crippen LogP contribution in [0, 0.1) is 0 Å². The summed E-state index contributed by atoms with van der Waals surface area (Å²) in [5, 5.41) is 8.36. The smallest absolute Gasteiger partial charge is 0.164 e. The van der Waals surface area contributed by atoms with Crippen LogP contribution in [0.5, 0.6) is 0 Å². The Hall–Kier alpha value is -7.57. The van der Waals surface area contributed by atoms with Gasteiger partial charge < -0.3 is 13.3 Å². The molecule has 0 bridgehead atoms. The van der Waals surface area contributed by atoms with Crippen LogP contribution in [0.3, 0.4) is 0 Å². The van der Waals surface area contributed by atoms with Crippen LogP contribution in [0.15, 0.2) is 177 Å². The lowest BCUT2D eigenvalue weighted by Gasteiger charge is -2.10. The van der Waals surface area contributed by atoms with Crippen molar-refractivity contribution in [1.29, 1.82) is 0 Å². The molecule has 0 radical (unpaired) electrons. The van der Waals surface area contributed by atoms with Gasteiger partial charge in [-0.2, -0.15) is 0 Å². The molecular weight excluding hydrogens is 679 g/mol. The summed E-state index contributed by atoms with van der Waals surface area (Å²) in [7, 11) is 0. The Labute approximate surface area is 312 Å². The summed E-state index contributed by atoms with van der Waals surface area (Å²) in [4.78, 5) is 15.6. The topological polar surface area (TPSA) is 78.1 Å². The van der Waals surface area contributed by atoms with Gasteiger partial charge in [-0.25, -0.2) is 15.0 Å². The lowest BCUT2D eigenvalue weighted by Crippen LogP contribution is -2.00. The normalized spacial score (nSPS) is 12.0. The number of benzene rings is 8. The van der Waals surface area contributed by atoms with Gasteiger partial charge in [0.1, 0.15) is 33.5 Å². The predicted molar refractivity (Wildman–Crippen MR) is 221 cm³/mol. The molecule has 0 spiro atoms. The van der Waals surface area contributed by atoms with E-state index in [0.717, 1.165) is 104 Å². The largest absolute Gasteiger partial charge is 0.456 e. The Morgan fingerprint density at radius 3 is 1.64 bits per heavy atom. The van der Waals surface area contributed by atoms with Gasteiger partial charge in [-0.05, 0) is 58.8 Å². The Morgan fingerprint density at radius 1 is 0.309 bits per heavy atom. The lowest BCUT2D eigenvalue weighted by molar-refractivity contribution is 0.668. The zero-order valence-electron chi connectivity index (χ0n) is 29.2. The molecule has 0 aliphatic rings. The van der Waals surface area contributed by atoms with E-state index in [4.69, 9.17) is 28.2 Å². The fourth-order valence-corrected chi connectivity index (χ4v) is 8.19. The van der Waals surface area contributed by atoms with Crippen molar-refractivity contribution < 1.29 is 13.3 Å². The van der Waals surface area contributed by atoms with Crippen LogP contribution in [0.4, 0.5) is 0 Å². The minimum Gasteiger partial charge on any atom is -0.456 e. The Kier molecular flexibility index (Phi) is 6.24. The van der Waals surface area contributed by atoms with Crippen molar-refractivity contribution in [2.75, 3.05) is 0 Å². The molecule has 0 N–H and O–H groups in total. The first-order valence-electron chi connectivity index (χ1n) is 18.3. The minimum atomic E-state index is 0.558. The summed E-state index contributed by atoms with van der Waals surface area (Å²) in [6.45, 7) is 0. The Balaban J connectivity index is 1.08. The van der Waals surface area contributed by atoms with Crippen LogP contribution < -0.4 is 0 Å². The summed E-state index contributed by atoms with van der Waals surface area (Å²) >= 11 is 0. The average Bonchev–Trinajstić information content (AvgIpc) is 3.94. The van der Waals surface area contributed by atoms with Crippen molar-refractivity contribution in [1.82, 2.24) is 15.0 Å². The predicted octanol–water partition coefficient (Wildman–Crippen LogP) is 13.4. The number of hydrogen-bond donors (Lipinski definition) is 0. The molecule has 4 heterocycles. The van der Waals surface area contributed by atoms with Gasteiger partial charge >= 0.3 is 0 Å². The molecule has 12 aromatic rings. The highest BCUT2D eigenvalue weighted by atomic mass is 16.3. The summed E-state index contributed by atoms with van der Waals surface area (Å²) < 4.78 is 19.3. The fourth-order valence-electron chi connectivity index (χ4n) is 8.19. The molecule has 0 atom stereocenters. The van der Waals surface area contributed by atoms with Crippen LogP contribution in [0.25, 0.3) is 122 Å². The molecule has 0 aliphatic carbocycles. The summed E-state index contributed by atoms with van der Waals surface area (Å²) in [5.41, 5.74) is 9.52. The first-order chi connectivity index (χ1) is 27.2. The van der Waals surface area contributed by atoms with E-state index in [-0.39, 0.29) is 0 Å². The van der Waals surface area contributed by atoms with Crippen LogP contribution in [0.2, 0.25) is 0 Å². The van der Waals surface area contributed by atoms with Crippen LogP contribution >= 0.6 is 0 Å². The van der Waals surface area contributed by atoms with E-state index < -0.39 is 0 Å². The molecule has 8 aromatic carbocycles. The maximum absolute atomic E-state index is 6.61. The molecule has 4 aromatic heterocycles. The van der Waals surface area contributed by atoms with Gasteiger partial charge in [-0.1, -0.05) is 121 Å². The highest BCUT2D eigenvalue weighted by Gasteiger charge is 2.21. The van der Waals surface area contributed by atoms with Crippen LogP contribution in [-0.4, -0.2) is 15.0 Å². The van der Waals surface area contributed by atoms with E-state index in [0.29, 0.717) is 17.5 Å². The molecule has 0 fully saturated rings. The number of furan rings is 3.